The van der Waals surface area contributed by atoms with Crippen LogP contribution in [0.4, 0.5) is 5.69 Å². The third-order valence-corrected chi connectivity index (χ3v) is 4.18. The Bertz CT molecular complexity index is 925. The zero-order chi connectivity index (χ0) is 19.2. The Labute approximate surface area is 157 Å². The maximum Gasteiger partial charge on any atom is 0.307 e. The number of rotatable bonds is 7. The lowest BCUT2D eigenvalue weighted by Crippen LogP contribution is -2.19. The molecule has 1 N–H and O–H groups in total. The molecule has 1 saturated heterocycles. The van der Waals surface area contributed by atoms with Crippen molar-refractivity contribution in [2.75, 3.05) is 12.9 Å². The standard InChI is InChI=1S/C15H14N6O5S/c1-25-13-4-10(5-16-19-15-18-14(22)8-27-15)2-3-12(13)26-9-20-7-11(6-17-20)21(23)24/h2-7H,8-9H2,1H3,(H,18,19,22). The summed E-state index contributed by atoms with van der Waals surface area (Å²) in [7, 11) is 1.49. The maximum atomic E-state index is 11.1. The molecule has 1 amide bonds. The van der Waals surface area contributed by atoms with Gasteiger partial charge in [-0.2, -0.15) is 10.2 Å². The number of nitro groups is 1. The van der Waals surface area contributed by atoms with E-state index in [0.717, 1.165) is 6.20 Å². The molecule has 1 aliphatic rings. The molecule has 0 radical (unpaired) electrons. The van der Waals surface area contributed by atoms with Gasteiger partial charge in [-0.25, -0.2) is 4.68 Å². The van der Waals surface area contributed by atoms with Crippen LogP contribution in [-0.2, 0) is 11.5 Å². The molecule has 0 bridgehead atoms. The van der Waals surface area contributed by atoms with E-state index in [1.165, 1.54) is 36.0 Å². The summed E-state index contributed by atoms with van der Waals surface area (Å²) in [5, 5.41) is 25.4. The average Bonchev–Trinajstić information content (AvgIpc) is 3.29. The Morgan fingerprint density at radius 3 is 3.00 bits per heavy atom. The summed E-state index contributed by atoms with van der Waals surface area (Å²) in [6.45, 7) is -0.0117. The lowest BCUT2D eigenvalue weighted by atomic mass is 10.2. The van der Waals surface area contributed by atoms with E-state index in [4.69, 9.17) is 9.47 Å². The number of hydrogen-bond acceptors (Lipinski definition) is 9. The van der Waals surface area contributed by atoms with E-state index in [1.54, 1.807) is 18.2 Å². The van der Waals surface area contributed by atoms with Gasteiger partial charge in [-0.05, 0) is 23.8 Å². The molecule has 1 aromatic heterocycles. The van der Waals surface area contributed by atoms with Crippen molar-refractivity contribution in [2.24, 2.45) is 10.2 Å². The third kappa shape index (κ3) is 4.82. The van der Waals surface area contributed by atoms with E-state index in [0.29, 0.717) is 28.0 Å². The van der Waals surface area contributed by atoms with Crippen LogP contribution in [-0.4, -0.2) is 44.9 Å². The van der Waals surface area contributed by atoms with Gasteiger partial charge >= 0.3 is 5.69 Å². The number of nitrogens with one attached hydrogen (secondary N) is 1. The van der Waals surface area contributed by atoms with Gasteiger partial charge in [0.25, 0.3) is 0 Å². The molecule has 0 spiro atoms. The van der Waals surface area contributed by atoms with Crippen LogP contribution in [0.1, 0.15) is 5.56 Å². The second-order valence-electron chi connectivity index (χ2n) is 5.17. The van der Waals surface area contributed by atoms with Crippen molar-refractivity contribution in [3.63, 3.8) is 0 Å². The summed E-state index contributed by atoms with van der Waals surface area (Å²) in [4.78, 5) is 21.2. The molecule has 3 rings (SSSR count). The Balaban J connectivity index is 1.64. The third-order valence-electron chi connectivity index (χ3n) is 3.31. The first kappa shape index (κ1) is 18.4. The van der Waals surface area contributed by atoms with Gasteiger partial charge in [0.2, 0.25) is 5.91 Å². The van der Waals surface area contributed by atoms with E-state index < -0.39 is 4.92 Å². The molecule has 1 aliphatic heterocycles. The van der Waals surface area contributed by atoms with E-state index in [-0.39, 0.29) is 18.3 Å². The fourth-order valence-corrected chi connectivity index (χ4v) is 2.69. The number of amidine groups is 1. The van der Waals surface area contributed by atoms with Gasteiger partial charge < -0.3 is 14.8 Å². The van der Waals surface area contributed by atoms with E-state index in [1.807, 2.05) is 0 Å². The minimum Gasteiger partial charge on any atom is -0.493 e. The molecule has 2 heterocycles. The van der Waals surface area contributed by atoms with E-state index in [2.05, 4.69) is 20.6 Å². The predicted molar refractivity (Wildman–Crippen MR) is 98.1 cm³/mol. The first-order valence-corrected chi connectivity index (χ1v) is 8.55. The molecule has 0 aliphatic carbocycles. The highest BCUT2D eigenvalue weighted by molar-refractivity contribution is 8.15. The molecule has 1 fully saturated rings. The summed E-state index contributed by atoms with van der Waals surface area (Å²) in [6.07, 6.45) is 3.93. The molecule has 11 nitrogen and oxygen atoms in total. The molecule has 2 aromatic rings. The average molecular weight is 390 g/mol. The lowest BCUT2D eigenvalue weighted by Gasteiger charge is -2.10. The van der Waals surface area contributed by atoms with Crippen LogP contribution < -0.4 is 14.8 Å². The highest BCUT2D eigenvalue weighted by Gasteiger charge is 2.16. The minimum atomic E-state index is -0.531. The Morgan fingerprint density at radius 2 is 2.33 bits per heavy atom. The first-order chi connectivity index (χ1) is 13.0. The van der Waals surface area contributed by atoms with Crippen LogP contribution in [0.3, 0.4) is 0 Å². The highest BCUT2D eigenvalue weighted by Crippen LogP contribution is 2.28. The topological polar surface area (TPSA) is 133 Å². The highest BCUT2D eigenvalue weighted by atomic mass is 32.2. The van der Waals surface area contributed by atoms with Gasteiger partial charge in [0, 0.05) is 0 Å². The number of thioether (sulfide) groups is 1. The lowest BCUT2D eigenvalue weighted by molar-refractivity contribution is -0.385. The molecule has 0 atom stereocenters. The predicted octanol–water partition coefficient (Wildman–Crippen LogP) is 1.39. The Kier molecular flexibility index (Phi) is 5.66. The van der Waals surface area contributed by atoms with Crippen molar-refractivity contribution in [2.45, 2.75) is 6.73 Å². The van der Waals surface area contributed by atoms with Crippen molar-refractivity contribution >= 4 is 34.7 Å². The number of methoxy groups -OCH3 is 1. The molecule has 0 unspecified atom stereocenters. The molecule has 140 valence electrons. The van der Waals surface area contributed by atoms with Gasteiger partial charge in [-0.15, -0.1) is 5.10 Å². The molecular weight excluding hydrogens is 376 g/mol. The number of carbonyl (C=O) groups is 1. The molecule has 1 aromatic carbocycles. The number of aromatic nitrogens is 2. The number of benzene rings is 1. The summed E-state index contributed by atoms with van der Waals surface area (Å²) >= 11 is 1.28. The number of nitrogens with zero attached hydrogens (tertiary/aromatic N) is 5. The second-order valence-corrected chi connectivity index (χ2v) is 6.13. The number of ether oxygens (including phenoxy) is 2. The van der Waals surface area contributed by atoms with Gasteiger partial charge in [0.15, 0.2) is 23.4 Å². The summed E-state index contributed by atoms with van der Waals surface area (Å²) < 4.78 is 12.2. The van der Waals surface area contributed by atoms with Crippen molar-refractivity contribution < 1.29 is 19.2 Å². The molecular formula is C15H14N6O5S. The van der Waals surface area contributed by atoms with E-state index >= 15 is 0 Å². The van der Waals surface area contributed by atoms with Crippen molar-refractivity contribution in [1.29, 1.82) is 0 Å². The molecule has 12 heteroatoms. The fraction of sp³-hybridized carbons (Fsp3) is 0.200. The SMILES string of the molecule is COc1cc(C=NN=C2NC(=O)CS2)ccc1OCn1cc([N+](=O)[O-])cn1. The normalized spacial score (nSPS) is 15.3. The van der Waals surface area contributed by atoms with Gasteiger partial charge in [0.05, 0.1) is 24.0 Å². The zero-order valence-corrected chi connectivity index (χ0v) is 14.9. The summed E-state index contributed by atoms with van der Waals surface area (Å²) in [5.74, 6) is 1.14. The van der Waals surface area contributed by atoms with Crippen LogP contribution >= 0.6 is 11.8 Å². The number of hydrogen-bond donors (Lipinski definition) is 1. The Hall–Kier alpha value is -3.41. The van der Waals surface area contributed by atoms with Crippen LogP contribution in [0.5, 0.6) is 11.5 Å². The monoisotopic (exact) mass is 390 g/mol. The van der Waals surface area contributed by atoms with E-state index in [9.17, 15) is 14.9 Å². The van der Waals surface area contributed by atoms with Crippen LogP contribution in [0.25, 0.3) is 0 Å². The van der Waals surface area contributed by atoms with Gasteiger partial charge in [0.1, 0.15) is 12.4 Å². The largest absolute Gasteiger partial charge is 0.493 e. The smallest absolute Gasteiger partial charge is 0.307 e. The molecule has 0 saturated carbocycles. The van der Waals surface area contributed by atoms with Crippen LogP contribution in [0.2, 0.25) is 0 Å². The second kappa shape index (κ2) is 8.31. The quantitative estimate of drug-likeness (QED) is 0.429. The zero-order valence-electron chi connectivity index (χ0n) is 14.1. The van der Waals surface area contributed by atoms with Crippen LogP contribution in [0.15, 0.2) is 40.8 Å². The fourth-order valence-electron chi connectivity index (χ4n) is 2.06. The van der Waals surface area contributed by atoms with Crippen LogP contribution in [0, 0.1) is 10.1 Å². The Morgan fingerprint density at radius 1 is 1.48 bits per heavy atom. The van der Waals surface area contributed by atoms with Crippen molar-refractivity contribution in [1.82, 2.24) is 15.1 Å². The van der Waals surface area contributed by atoms with Gasteiger partial charge in [-0.1, -0.05) is 11.8 Å². The maximum absolute atomic E-state index is 11.1. The van der Waals surface area contributed by atoms with Crippen molar-refractivity contribution in [3.8, 4) is 11.5 Å². The first-order valence-electron chi connectivity index (χ1n) is 7.56. The summed E-state index contributed by atoms with van der Waals surface area (Å²) in [5.41, 5.74) is 0.600. The number of carbonyl (C=O) groups excluding carboxylic acids is 1. The van der Waals surface area contributed by atoms with Gasteiger partial charge in [-0.3, -0.25) is 14.9 Å². The summed E-state index contributed by atoms with van der Waals surface area (Å²) in [6, 6.07) is 5.12. The number of amides is 1. The van der Waals surface area contributed by atoms with Crippen molar-refractivity contribution in [3.05, 3.63) is 46.3 Å². The molecule has 27 heavy (non-hydrogen) atoms. The minimum absolute atomic E-state index is 0.0117.